The number of aliphatic hydroxyl groups excluding tert-OH is 3. The number of β-lactam (4-membered cyclic amide) rings is 1. The monoisotopic (exact) mass is 730 g/mol. The van der Waals surface area contributed by atoms with Gasteiger partial charge in [0.15, 0.2) is 28.3 Å². The normalized spacial score (nSPS) is 27.2. The van der Waals surface area contributed by atoms with Crippen molar-refractivity contribution in [2.24, 2.45) is 12.2 Å². The molecule has 24 heteroatoms. The van der Waals surface area contributed by atoms with Crippen molar-refractivity contribution in [3.8, 4) is 0 Å². The van der Waals surface area contributed by atoms with E-state index in [-0.39, 0.29) is 38.9 Å². The van der Waals surface area contributed by atoms with Crippen molar-refractivity contribution in [3.05, 3.63) is 43.1 Å². The predicted molar refractivity (Wildman–Crippen MR) is 164 cm³/mol. The molecule has 2 saturated heterocycles. The van der Waals surface area contributed by atoms with Crippen molar-refractivity contribution in [3.63, 3.8) is 0 Å². The minimum atomic E-state index is -1.90. The largest absolute Gasteiger partial charge is 0.479 e. The summed E-state index contributed by atoms with van der Waals surface area (Å²) in [6, 6.07) is -1.15. The Morgan fingerprint density at radius 1 is 1.17 bits per heavy atom. The van der Waals surface area contributed by atoms with Gasteiger partial charge >= 0.3 is 23.1 Å². The summed E-state index contributed by atoms with van der Waals surface area (Å²) < 4.78 is 6.39. The lowest BCUT2D eigenvalue weighted by molar-refractivity contribution is -0.221. The van der Waals surface area contributed by atoms with E-state index in [0.717, 1.165) is 35.1 Å². The van der Waals surface area contributed by atoms with E-state index < -0.39 is 76.9 Å². The Balaban J connectivity index is 1.27. The number of ether oxygens (including phenoxy) is 1. The van der Waals surface area contributed by atoms with E-state index in [1.54, 1.807) is 0 Å². The zero-order valence-electron chi connectivity index (χ0n) is 24.5. The number of thiazole rings is 1. The summed E-state index contributed by atoms with van der Waals surface area (Å²) in [5.41, 5.74) is -2.32. The summed E-state index contributed by atoms with van der Waals surface area (Å²) in [6.07, 6.45) is -8.88. The van der Waals surface area contributed by atoms with Crippen molar-refractivity contribution in [2.45, 2.75) is 47.2 Å². The van der Waals surface area contributed by atoms with Crippen molar-refractivity contribution in [1.82, 2.24) is 30.0 Å². The molecule has 5 heterocycles. The Kier molecular flexibility index (Phi) is 10.2. The number of aliphatic carboxylic acids is 2. The second-order valence-corrected chi connectivity index (χ2v) is 13.1. The molecule has 2 fully saturated rings. The number of aromatic amines is 1. The number of aliphatic hydroxyl groups is 3. The number of aromatic nitrogens is 4. The number of aryl methyl sites for hydroxylation is 1. The highest BCUT2D eigenvalue weighted by Gasteiger charge is 2.54. The first-order valence-electron chi connectivity index (χ1n) is 13.5. The third-order valence-electron chi connectivity index (χ3n) is 7.13. The molecule has 0 aromatic carbocycles. The third kappa shape index (κ3) is 6.67. The van der Waals surface area contributed by atoms with Crippen LogP contribution in [0.4, 0.5) is 5.13 Å². The highest BCUT2D eigenvalue weighted by atomic mass is 32.2. The molecule has 0 aliphatic carbocycles. The number of anilines is 1. The molecule has 2 aromatic heterocycles. The van der Waals surface area contributed by atoms with Crippen LogP contribution in [0.1, 0.15) is 5.69 Å². The van der Waals surface area contributed by atoms with Gasteiger partial charge in [-0.25, -0.2) is 14.6 Å². The van der Waals surface area contributed by atoms with E-state index >= 15 is 0 Å². The van der Waals surface area contributed by atoms with Crippen LogP contribution in [0.15, 0.2) is 36.6 Å². The molecule has 2 amide bonds. The minimum Gasteiger partial charge on any atom is -0.479 e. The number of carbonyl (C=O) groups is 4. The number of thioether (sulfide) groups is 2. The highest BCUT2D eigenvalue weighted by molar-refractivity contribution is 8.01. The summed E-state index contributed by atoms with van der Waals surface area (Å²) in [5.74, 6) is -4.41. The molecule has 258 valence electrons. The first-order chi connectivity index (χ1) is 22.7. The average molecular weight is 731 g/mol. The number of hydrogen-bond donors (Lipinski definition) is 8. The summed E-state index contributed by atoms with van der Waals surface area (Å²) in [7, 11) is 2.61. The molecule has 48 heavy (non-hydrogen) atoms. The summed E-state index contributed by atoms with van der Waals surface area (Å²) in [6.45, 7) is 0. The number of carbonyl (C=O) groups excluding carboxylic acids is 2. The zero-order valence-corrected chi connectivity index (χ0v) is 26.9. The Morgan fingerprint density at radius 3 is 2.56 bits per heavy atom. The number of H-pyrrole nitrogens is 1. The van der Waals surface area contributed by atoms with E-state index in [4.69, 9.17) is 9.57 Å². The van der Waals surface area contributed by atoms with Crippen LogP contribution in [-0.2, 0) is 35.8 Å². The van der Waals surface area contributed by atoms with E-state index in [1.807, 2.05) is 0 Å². The number of hydrogen-bond acceptors (Lipinski definition) is 18. The first-order valence-corrected chi connectivity index (χ1v) is 16.4. The molecule has 3 aliphatic heterocycles. The zero-order chi connectivity index (χ0) is 35.0. The lowest BCUT2D eigenvalue weighted by Crippen LogP contribution is -2.71. The third-order valence-corrected chi connectivity index (χ3v) is 10.4. The quantitative estimate of drug-likeness (QED) is 0.0360. The van der Waals surface area contributed by atoms with E-state index in [2.05, 4.69) is 30.9 Å². The second-order valence-electron chi connectivity index (χ2n) is 10.2. The summed E-state index contributed by atoms with van der Waals surface area (Å²) in [4.78, 5) is 86.9. The van der Waals surface area contributed by atoms with Crippen LogP contribution in [0.2, 0.25) is 0 Å². The number of fused-ring (bicyclic) bond motifs is 1. The second kappa shape index (κ2) is 14.0. The van der Waals surface area contributed by atoms with Gasteiger partial charge in [-0.2, -0.15) is 4.98 Å². The van der Waals surface area contributed by atoms with E-state index in [9.17, 15) is 54.3 Å². The van der Waals surface area contributed by atoms with Crippen LogP contribution in [0.25, 0.3) is 0 Å². The van der Waals surface area contributed by atoms with Gasteiger partial charge in [-0.1, -0.05) is 16.9 Å². The molecule has 0 bridgehead atoms. The fourth-order valence-corrected chi connectivity index (χ4v) is 7.94. The molecular weight excluding hydrogens is 705 g/mol. The van der Waals surface area contributed by atoms with Gasteiger partial charge in [0.1, 0.15) is 48.2 Å². The molecule has 2 aromatic rings. The van der Waals surface area contributed by atoms with Gasteiger partial charge in [-0.05, 0) is 5.57 Å². The molecule has 8 N–H and O–H groups in total. The smallest absolute Gasteiger partial charge is 0.352 e. The SMILES string of the molecule is CO/N=C(\C(=O)N[C@@H]1C(=O)N2C(C(=O)O)=C(CSc3nc(=O)c(=O)[nH]n3C)CS[C@H]12)c1csc(NC2OC(C(=O)O)C(O)C(O)C2O)n1. The Labute approximate surface area is 279 Å². The van der Waals surface area contributed by atoms with E-state index in [0.29, 0.717) is 5.57 Å². The van der Waals surface area contributed by atoms with Gasteiger partial charge in [0, 0.05) is 23.9 Å². The maximum Gasteiger partial charge on any atom is 0.352 e. The first kappa shape index (κ1) is 35.0. The molecule has 0 spiro atoms. The molecule has 21 nitrogen and oxygen atoms in total. The number of nitrogens with one attached hydrogen (secondary N) is 3. The fourth-order valence-electron chi connectivity index (χ4n) is 4.81. The number of carboxylic acid groups (broad SMARTS) is 2. The minimum absolute atomic E-state index is 0.00844. The number of rotatable bonds is 11. The lowest BCUT2D eigenvalue weighted by Gasteiger charge is -2.49. The standard InChI is InChI=1S/C24H26N8O13S3/c1-31-24(27-16(37)17(38)29-31)48-4-6-3-46-20-9(19(39)32(20)10(6)21(40)41)26-15(36)8(30-44-2)7-5-47-23(25-7)28-18-13(35)11(33)12(34)14(45-18)22(42)43/h5,9,11-14,18,20,33-35H,3-4H2,1-2H3,(H,25,28)(H,26,36)(H,29,38)(H,40,41)(H,42,43)/b30-8-/t9-,11?,12?,13?,14?,18?,20-/m1/s1. The molecule has 5 unspecified atom stereocenters. The van der Waals surface area contributed by atoms with Gasteiger partial charge in [-0.15, -0.1) is 23.1 Å². The van der Waals surface area contributed by atoms with Crippen LogP contribution in [0, 0.1) is 0 Å². The van der Waals surface area contributed by atoms with Crippen molar-refractivity contribution in [1.29, 1.82) is 0 Å². The van der Waals surface area contributed by atoms with Crippen molar-refractivity contribution >= 4 is 69.5 Å². The van der Waals surface area contributed by atoms with Crippen LogP contribution >= 0.6 is 34.9 Å². The average Bonchev–Trinajstić information content (AvgIpc) is 3.50. The Bertz CT molecular complexity index is 1830. The van der Waals surface area contributed by atoms with E-state index in [1.165, 1.54) is 28.9 Å². The number of amides is 2. The van der Waals surface area contributed by atoms with Crippen LogP contribution < -0.4 is 21.8 Å². The predicted octanol–water partition coefficient (Wildman–Crippen LogP) is -3.89. The maximum absolute atomic E-state index is 13.3. The summed E-state index contributed by atoms with van der Waals surface area (Å²) in [5, 5.41) is 61.2. The molecule has 3 aliphatic rings. The van der Waals surface area contributed by atoms with Crippen LogP contribution in [0.5, 0.6) is 0 Å². The Hall–Kier alpha value is -4.33. The van der Waals surface area contributed by atoms with Crippen LogP contribution in [0.3, 0.4) is 0 Å². The summed E-state index contributed by atoms with van der Waals surface area (Å²) >= 11 is 3.05. The van der Waals surface area contributed by atoms with Gasteiger partial charge in [0.25, 0.3) is 11.8 Å². The maximum atomic E-state index is 13.3. The van der Waals surface area contributed by atoms with Gasteiger partial charge in [-0.3, -0.25) is 33.9 Å². The molecule has 5 rings (SSSR count). The van der Waals surface area contributed by atoms with Gasteiger partial charge < -0.3 is 45.7 Å². The van der Waals surface area contributed by atoms with Crippen LogP contribution in [-0.4, -0.2) is 140 Å². The topological polar surface area (TPSA) is 308 Å². The van der Waals surface area contributed by atoms with Gasteiger partial charge in [0.05, 0.1) is 0 Å². The molecular formula is C24H26N8O13S3. The molecule has 0 radical (unpaired) electrons. The van der Waals surface area contributed by atoms with Crippen molar-refractivity contribution in [2.75, 3.05) is 23.9 Å². The van der Waals surface area contributed by atoms with Crippen molar-refractivity contribution < 1.29 is 54.3 Å². The number of carboxylic acids is 2. The number of oxime groups is 1. The number of nitrogens with zero attached hydrogens (tertiary/aromatic N) is 5. The van der Waals surface area contributed by atoms with Gasteiger partial charge in [0.2, 0.25) is 0 Å². The molecule has 7 atom stereocenters. The fraction of sp³-hybridized carbons (Fsp3) is 0.458. The highest BCUT2D eigenvalue weighted by Crippen LogP contribution is 2.41. The molecule has 0 saturated carbocycles. The lowest BCUT2D eigenvalue weighted by atomic mass is 9.98. The Morgan fingerprint density at radius 2 is 1.90 bits per heavy atom.